The second-order valence-electron chi connectivity index (χ2n) is 6.83. The van der Waals surface area contributed by atoms with E-state index in [2.05, 4.69) is 11.2 Å². The Morgan fingerprint density at radius 2 is 1.59 bits per heavy atom. The predicted octanol–water partition coefficient (Wildman–Crippen LogP) is 5.36. The van der Waals surface area contributed by atoms with Crippen LogP contribution in [-0.4, -0.2) is 30.0 Å². The van der Waals surface area contributed by atoms with Crippen LogP contribution in [-0.2, 0) is 16.2 Å². The number of oxime groups is 1. The summed E-state index contributed by atoms with van der Waals surface area (Å²) in [5.74, 6) is -0.388. The van der Waals surface area contributed by atoms with Gasteiger partial charge in [0.1, 0.15) is 25.6 Å². The monoisotopic (exact) mass is 447 g/mol. The Morgan fingerprint density at radius 1 is 0.844 bits per heavy atom. The number of thiophene rings is 1. The number of nitrogens with zero attached hydrogens (tertiary/aromatic N) is 1. The molecule has 0 saturated carbocycles. The molecule has 32 heavy (non-hydrogen) atoms. The molecule has 0 radical (unpaired) electrons. The quantitative estimate of drug-likeness (QED) is 0.201. The third-order valence-electron chi connectivity index (χ3n) is 4.56. The van der Waals surface area contributed by atoms with Crippen LogP contribution in [0.15, 0.2) is 90.1 Å². The lowest BCUT2D eigenvalue weighted by molar-refractivity contribution is -0.129. The smallest absolute Gasteiger partial charge is 0.359 e. The predicted molar refractivity (Wildman–Crippen MR) is 125 cm³/mol. The lowest BCUT2D eigenvalue weighted by atomic mass is 10.1. The number of carbonyl (C=O) groups is 1. The van der Waals surface area contributed by atoms with E-state index in [1.165, 1.54) is 11.3 Å². The Balaban J connectivity index is 1.29. The van der Waals surface area contributed by atoms with Crippen LogP contribution in [0.25, 0.3) is 10.8 Å². The van der Waals surface area contributed by atoms with Crippen molar-refractivity contribution in [2.45, 2.75) is 6.61 Å². The molecule has 0 fully saturated rings. The SMILES string of the molecule is O=C(O)/C(=N/OCc1ccccc1)c1ccc(OCCOc2ccc3ccccc3c2)s1. The number of carboxylic acid groups (broad SMARTS) is 1. The third-order valence-corrected chi connectivity index (χ3v) is 5.57. The van der Waals surface area contributed by atoms with Crippen molar-refractivity contribution in [3.8, 4) is 10.8 Å². The van der Waals surface area contributed by atoms with E-state index in [4.69, 9.17) is 14.3 Å². The first-order valence-corrected chi connectivity index (χ1v) is 10.8. The van der Waals surface area contributed by atoms with Crippen LogP contribution < -0.4 is 9.47 Å². The van der Waals surface area contributed by atoms with Gasteiger partial charge < -0.3 is 19.4 Å². The van der Waals surface area contributed by atoms with Crippen LogP contribution in [0.4, 0.5) is 0 Å². The van der Waals surface area contributed by atoms with E-state index in [1.54, 1.807) is 12.1 Å². The van der Waals surface area contributed by atoms with Crippen LogP contribution >= 0.6 is 11.3 Å². The average molecular weight is 448 g/mol. The molecule has 0 aliphatic carbocycles. The number of rotatable bonds is 10. The standard InChI is InChI=1S/C25H21NO5S/c27-25(28)24(26-31-17-18-6-2-1-3-7-18)22-12-13-23(32-22)30-15-14-29-21-11-10-19-8-4-5-9-20(19)16-21/h1-13,16H,14-15,17H2,(H,27,28)/b26-24+. The molecule has 0 saturated heterocycles. The van der Waals surface area contributed by atoms with Gasteiger partial charge in [-0.2, -0.15) is 0 Å². The van der Waals surface area contributed by atoms with Gasteiger partial charge in [-0.05, 0) is 40.6 Å². The van der Waals surface area contributed by atoms with Gasteiger partial charge in [0.2, 0.25) is 5.71 Å². The van der Waals surface area contributed by atoms with Gasteiger partial charge in [0, 0.05) is 0 Å². The lowest BCUT2D eigenvalue weighted by Gasteiger charge is -2.08. The number of hydrogen-bond acceptors (Lipinski definition) is 6. The van der Waals surface area contributed by atoms with Gasteiger partial charge in [-0.3, -0.25) is 0 Å². The first-order chi connectivity index (χ1) is 15.7. The van der Waals surface area contributed by atoms with Gasteiger partial charge in [0.25, 0.3) is 0 Å². The Labute approximate surface area is 189 Å². The molecule has 7 heteroatoms. The molecule has 0 atom stereocenters. The molecule has 0 bridgehead atoms. The molecule has 3 aromatic carbocycles. The van der Waals surface area contributed by atoms with Gasteiger partial charge >= 0.3 is 5.97 Å². The maximum atomic E-state index is 11.6. The first kappa shape index (κ1) is 21.4. The zero-order valence-electron chi connectivity index (χ0n) is 17.1. The number of carboxylic acids is 1. The molecule has 1 N–H and O–H groups in total. The van der Waals surface area contributed by atoms with Gasteiger partial charge in [0.15, 0.2) is 5.06 Å². The van der Waals surface area contributed by atoms with Crippen molar-refractivity contribution in [2.75, 3.05) is 13.2 Å². The fourth-order valence-electron chi connectivity index (χ4n) is 3.02. The van der Waals surface area contributed by atoms with Crippen LogP contribution in [0.5, 0.6) is 10.8 Å². The van der Waals surface area contributed by atoms with Gasteiger partial charge in [-0.1, -0.05) is 77.2 Å². The normalized spacial score (nSPS) is 11.3. The summed E-state index contributed by atoms with van der Waals surface area (Å²) in [6.45, 7) is 0.890. The number of benzene rings is 3. The van der Waals surface area contributed by atoms with E-state index < -0.39 is 5.97 Å². The molecular weight excluding hydrogens is 426 g/mol. The van der Waals surface area contributed by atoms with E-state index >= 15 is 0 Å². The minimum atomic E-state index is -1.16. The molecule has 4 aromatic rings. The summed E-state index contributed by atoms with van der Waals surface area (Å²) in [7, 11) is 0. The fourth-order valence-corrected chi connectivity index (χ4v) is 3.87. The molecule has 0 aliphatic heterocycles. The van der Waals surface area contributed by atoms with Crippen molar-refractivity contribution in [2.24, 2.45) is 5.16 Å². The highest BCUT2D eigenvalue weighted by Crippen LogP contribution is 2.26. The summed E-state index contributed by atoms with van der Waals surface area (Å²) >= 11 is 1.19. The van der Waals surface area contributed by atoms with Crippen molar-refractivity contribution < 1.29 is 24.2 Å². The second-order valence-corrected chi connectivity index (χ2v) is 7.87. The van der Waals surface area contributed by atoms with Gasteiger partial charge in [-0.25, -0.2) is 4.79 Å². The second kappa shape index (κ2) is 10.5. The Morgan fingerprint density at radius 3 is 2.41 bits per heavy atom. The van der Waals surface area contributed by atoms with Crippen LogP contribution in [0.3, 0.4) is 0 Å². The molecular formula is C25H21NO5S. The molecule has 0 amide bonds. The van der Waals surface area contributed by atoms with E-state index in [9.17, 15) is 9.90 Å². The Hall–Kier alpha value is -3.84. The summed E-state index contributed by atoms with van der Waals surface area (Å²) in [4.78, 5) is 17.3. The zero-order valence-corrected chi connectivity index (χ0v) is 18.0. The molecule has 1 aromatic heterocycles. The summed E-state index contributed by atoms with van der Waals surface area (Å²) in [6.07, 6.45) is 0. The zero-order chi connectivity index (χ0) is 22.2. The third kappa shape index (κ3) is 5.65. The summed E-state index contributed by atoms with van der Waals surface area (Å²) in [5, 5.41) is 16.1. The molecule has 162 valence electrons. The number of hydrogen-bond donors (Lipinski definition) is 1. The first-order valence-electron chi connectivity index (χ1n) is 10.0. The highest BCUT2D eigenvalue weighted by molar-refractivity contribution is 7.16. The maximum Gasteiger partial charge on any atom is 0.359 e. The molecule has 4 rings (SSSR count). The Kier molecular flexibility index (Phi) is 6.99. The minimum Gasteiger partial charge on any atom is -0.490 e. The highest BCUT2D eigenvalue weighted by Gasteiger charge is 2.17. The Bertz CT molecular complexity index is 1220. The van der Waals surface area contributed by atoms with Crippen LogP contribution in [0, 0.1) is 0 Å². The van der Waals surface area contributed by atoms with Crippen molar-refractivity contribution in [1.29, 1.82) is 0 Å². The maximum absolute atomic E-state index is 11.6. The van der Waals surface area contributed by atoms with Crippen molar-refractivity contribution in [3.63, 3.8) is 0 Å². The molecule has 1 heterocycles. The lowest BCUT2D eigenvalue weighted by Crippen LogP contribution is -2.13. The minimum absolute atomic E-state index is 0.159. The molecule has 0 spiro atoms. The van der Waals surface area contributed by atoms with Gasteiger partial charge in [-0.15, -0.1) is 0 Å². The summed E-state index contributed by atoms with van der Waals surface area (Å²) < 4.78 is 11.5. The summed E-state index contributed by atoms with van der Waals surface area (Å²) in [6, 6.07) is 26.8. The average Bonchev–Trinajstić information content (AvgIpc) is 3.28. The van der Waals surface area contributed by atoms with Crippen LogP contribution in [0.1, 0.15) is 10.4 Å². The van der Waals surface area contributed by atoms with E-state index in [-0.39, 0.29) is 12.3 Å². The fraction of sp³-hybridized carbons (Fsp3) is 0.120. The number of aliphatic carboxylic acids is 1. The molecule has 6 nitrogen and oxygen atoms in total. The van der Waals surface area contributed by atoms with Gasteiger partial charge in [0.05, 0.1) is 4.88 Å². The van der Waals surface area contributed by atoms with Crippen molar-refractivity contribution in [1.82, 2.24) is 0 Å². The molecule has 0 unspecified atom stereocenters. The van der Waals surface area contributed by atoms with Crippen molar-refractivity contribution >= 4 is 33.8 Å². The molecule has 0 aliphatic rings. The topological polar surface area (TPSA) is 77.4 Å². The van der Waals surface area contributed by atoms with E-state index in [1.807, 2.05) is 66.7 Å². The highest BCUT2D eigenvalue weighted by atomic mass is 32.1. The summed E-state index contributed by atoms with van der Waals surface area (Å²) in [5.41, 5.74) is 0.746. The van der Waals surface area contributed by atoms with E-state index in [0.717, 1.165) is 22.1 Å². The number of fused-ring (bicyclic) bond motifs is 1. The van der Waals surface area contributed by atoms with Crippen molar-refractivity contribution in [3.05, 3.63) is 95.4 Å². The number of ether oxygens (including phenoxy) is 2. The largest absolute Gasteiger partial charge is 0.490 e. The van der Waals surface area contributed by atoms with E-state index in [0.29, 0.717) is 23.2 Å². The van der Waals surface area contributed by atoms with Crippen LogP contribution in [0.2, 0.25) is 0 Å².